The summed E-state index contributed by atoms with van der Waals surface area (Å²) in [5.74, 6) is 0.453. The van der Waals surface area contributed by atoms with Crippen molar-refractivity contribution < 1.29 is 36.9 Å². The number of aryl methyl sites for hydroxylation is 1. The number of ether oxygens (including phenoxy) is 4. The van der Waals surface area contributed by atoms with E-state index in [1.165, 1.54) is 14.2 Å². The van der Waals surface area contributed by atoms with Gasteiger partial charge in [-0.1, -0.05) is 0 Å². The summed E-state index contributed by atoms with van der Waals surface area (Å²) in [6.07, 6.45) is -3.31. The Morgan fingerprint density at radius 1 is 1.13 bits per heavy atom. The average molecular weight is 541 g/mol. The number of nitrogens with one attached hydrogen (secondary N) is 1. The molecule has 1 aliphatic heterocycles. The van der Waals surface area contributed by atoms with Gasteiger partial charge in [0.15, 0.2) is 6.79 Å². The number of aromatic nitrogens is 2. The second-order valence-electron chi connectivity index (χ2n) is 10.2. The molecule has 1 saturated heterocycles. The van der Waals surface area contributed by atoms with Crippen LogP contribution in [-0.2, 0) is 27.0 Å². The molecular formula is C26H35F3N4O5. The molecule has 1 aromatic heterocycles. The monoisotopic (exact) mass is 540 g/mol. The van der Waals surface area contributed by atoms with Gasteiger partial charge in [0.1, 0.15) is 22.9 Å². The number of hydrogen-bond acceptors (Lipinski definition) is 8. The number of piperidine rings is 1. The van der Waals surface area contributed by atoms with E-state index in [0.29, 0.717) is 35.7 Å². The summed E-state index contributed by atoms with van der Waals surface area (Å²) in [7, 11) is 2.78. The molecule has 210 valence electrons. The van der Waals surface area contributed by atoms with E-state index in [0.717, 1.165) is 25.0 Å². The van der Waals surface area contributed by atoms with Gasteiger partial charge in [-0.2, -0.15) is 13.2 Å². The van der Waals surface area contributed by atoms with Crippen molar-refractivity contribution in [2.75, 3.05) is 39.4 Å². The number of alkyl halides is 3. The highest BCUT2D eigenvalue weighted by atomic mass is 19.4. The Balaban J connectivity index is 1.88. The third kappa shape index (κ3) is 7.70. The van der Waals surface area contributed by atoms with Crippen molar-refractivity contribution in [3.05, 3.63) is 34.9 Å². The first-order valence-electron chi connectivity index (χ1n) is 12.3. The standard InChI is InChI=1S/C26H35F3N4O5/c1-16-10-21(30-19-8-7-9-33(13-19)24(34)38-25(2,3)4)31-32-23(16)22-17(14-35-5)11-18(26(27,28)29)12-20(22)37-15-36-6/h10-12,19H,7-9,13-15H2,1-6H3,(H,30,31)/t19-/m1/s1. The quantitative estimate of drug-likeness (QED) is 0.444. The molecule has 1 aromatic carbocycles. The minimum Gasteiger partial charge on any atom is -0.467 e. The molecule has 1 fully saturated rings. The summed E-state index contributed by atoms with van der Waals surface area (Å²) >= 11 is 0. The van der Waals surface area contributed by atoms with Crippen molar-refractivity contribution >= 4 is 11.9 Å². The summed E-state index contributed by atoms with van der Waals surface area (Å²) in [5, 5.41) is 12.0. The fourth-order valence-electron chi connectivity index (χ4n) is 4.21. The number of hydrogen-bond donors (Lipinski definition) is 1. The molecule has 0 unspecified atom stereocenters. The molecule has 0 radical (unpaired) electrons. The summed E-state index contributed by atoms with van der Waals surface area (Å²) in [4.78, 5) is 14.2. The number of halogens is 3. The topological polar surface area (TPSA) is 95.0 Å². The lowest BCUT2D eigenvalue weighted by Gasteiger charge is -2.34. The summed E-state index contributed by atoms with van der Waals surface area (Å²) in [6, 6.07) is 3.66. The van der Waals surface area contributed by atoms with Gasteiger partial charge < -0.3 is 29.2 Å². The van der Waals surface area contributed by atoms with Crippen molar-refractivity contribution in [3.8, 4) is 17.0 Å². The zero-order valence-corrected chi connectivity index (χ0v) is 22.6. The van der Waals surface area contributed by atoms with E-state index in [4.69, 9.17) is 18.9 Å². The van der Waals surface area contributed by atoms with Gasteiger partial charge in [0.2, 0.25) is 0 Å². The zero-order chi connectivity index (χ0) is 28.1. The van der Waals surface area contributed by atoms with Crippen molar-refractivity contribution in [1.82, 2.24) is 15.1 Å². The van der Waals surface area contributed by atoms with Crippen LogP contribution in [0.4, 0.5) is 23.8 Å². The van der Waals surface area contributed by atoms with Gasteiger partial charge in [0.25, 0.3) is 0 Å². The number of methoxy groups -OCH3 is 2. The van der Waals surface area contributed by atoms with Crippen LogP contribution in [0.15, 0.2) is 18.2 Å². The largest absolute Gasteiger partial charge is 0.467 e. The minimum absolute atomic E-state index is 0.0351. The first-order valence-corrected chi connectivity index (χ1v) is 12.3. The molecule has 12 heteroatoms. The van der Waals surface area contributed by atoms with Crippen LogP contribution in [0.3, 0.4) is 0 Å². The second-order valence-corrected chi connectivity index (χ2v) is 10.2. The molecule has 1 amide bonds. The van der Waals surface area contributed by atoms with E-state index in [1.54, 1.807) is 17.9 Å². The molecule has 2 aromatic rings. The number of amides is 1. The average Bonchev–Trinajstić information content (AvgIpc) is 2.82. The lowest BCUT2D eigenvalue weighted by Crippen LogP contribution is -2.47. The zero-order valence-electron chi connectivity index (χ0n) is 22.6. The number of rotatable bonds is 8. The van der Waals surface area contributed by atoms with Crippen LogP contribution in [0, 0.1) is 6.92 Å². The van der Waals surface area contributed by atoms with Crippen LogP contribution >= 0.6 is 0 Å². The highest BCUT2D eigenvalue weighted by Gasteiger charge is 2.33. The fraction of sp³-hybridized carbons (Fsp3) is 0.577. The molecule has 1 aliphatic rings. The van der Waals surface area contributed by atoms with E-state index in [1.807, 2.05) is 20.8 Å². The van der Waals surface area contributed by atoms with Gasteiger partial charge in [-0.25, -0.2) is 4.79 Å². The van der Waals surface area contributed by atoms with Crippen LogP contribution in [0.2, 0.25) is 0 Å². The van der Waals surface area contributed by atoms with Crippen molar-refractivity contribution in [2.24, 2.45) is 0 Å². The summed E-state index contributed by atoms with van der Waals surface area (Å²) in [5.41, 5.74) is 0.189. The summed E-state index contributed by atoms with van der Waals surface area (Å²) in [6.45, 7) is 7.98. The van der Waals surface area contributed by atoms with E-state index in [-0.39, 0.29) is 36.8 Å². The first kappa shape index (κ1) is 29.4. The van der Waals surface area contributed by atoms with Crippen LogP contribution in [0.5, 0.6) is 5.75 Å². The lowest BCUT2D eigenvalue weighted by atomic mass is 9.97. The highest BCUT2D eigenvalue weighted by Crippen LogP contribution is 2.41. The molecule has 0 aliphatic carbocycles. The minimum atomic E-state index is -4.58. The summed E-state index contributed by atoms with van der Waals surface area (Å²) < 4.78 is 61.8. The van der Waals surface area contributed by atoms with Crippen molar-refractivity contribution in [1.29, 1.82) is 0 Å². The first-order chi connectivity index (χ1) is 17.8. The van der Waals surface area contributed by atoms with E-state index < -0.39 is 17.3 Å². The van der Waals surface area contributed by atoms with Crippen LogP contribution < -0.4 is 10.1 Å². The predicted molar refractivity (Wildman–Crippen MR) is 135 cm³/mol. The molecule has 0 saturated carbocycles. The fourth-order valence-corrected chi connectivity index (χ4v) is 4.21. The Kier molecular flexibility index (Phi) is 9.42. The SMILES string of the molecule is COCOc1cc(C(F)(F)F)cc(COC)c1-c1nnc(N[C@@H]2CCCN(C(=O)OC(C)(C)C)C2)cc1C. The lowest BCUT2D eigenvalue weighted by molar-refractivity contribution is -0.137. The molecular weight excluding hydrogens is 505 g/mol. The number of likely N-dealkylation sites (tertiary alicyclic amines) is 1. The normalized spacial score (nSPS) is 16.3. The molecule has 3 rings (SSSR count). The Labute approximate surface area is 220 Å². The number of nitrogens with zero attached hydrogens (tertiary/aromatic N) is 3. The predicted octanol–water partition coefficient (Wildman–Crippen LogP) is 5.41. The number of anilines is 1. The maximum Gasteiger partial charge on any atom is 0.416 e. The molecule has 0 bridgehead atoms. The van der Waals surface area contributed by atoms with Gasteiger partial charge >= 0.3 is 12.3 Å². The Hall–Kier alpha value is -3.12. The highest BCUT2D eigenvalue weighted by molar-refractivity contribution is 5.75. The van der Waals surface area contributed by atoms with Gasteiger partial charge in [0, 0.05) is 33.4 Å². The van der Waals surface area contributed by atoms with Crippen LogP contribution in [0.1, 0.15) is 50.3 Å². The smallest absolute Gasteiger partial charge is 0.416 e. The second kappa shape index (κ2) is 12.2. The number of benzene rings is 1. The molecule has 1 atom stereocenters. The van der Waals surface area contributed by atoms with E-state index in [2.05, 4.69) is 15.5 Å². The maximum absolute atomic E-state index is 13.6. The van der Waals surface area contributed by atoms with Crippen molar-refractivity contribution in [3.63, 3.8) is 0 Å². The maximum atomic E-state index is 13.6. The van der Waals surface area contributed by atoms with Crippen LogP contribution in [0.25, 0.3) is 11.3 Å². The molecule has 9 nitrogen and oxygen atoms in total. The third-order valence-corrected chi connectivity index (χ3v) is 5.79. The van der Waals surface area contributed by atoms with Crippen molar-refractivity contribution in [2.45, 2.75) is 65.0 Å². The molecule has 1 N–H and O–H groups in total. The van der Waals surface area contributed by atoms with Gasteiger partial charge in [-0.3, -0.25) is 0 Å². The van der Waals surface area contributed by atoms with Gasteiger partial charge in [-0.05, 0) is 69.9 Å². The Bertz CT molecular complexity index is 1120. The number of carbonyl (C=O) groups excluding carboxylic acids is 1. The van der Waals surface area contributed by atoms with Gasteiger partial charge in [0.05, 0.1) is 17.7 Å². The molecule has 38 heavy (non-hydrogen) atoms. The van der Waals surface area contributed by atoms with E-state index in [9.17, 15) is 18.0 Å². The molecule has 2 heterocycles. The van der Waals surface area contributed by atoms with Gasteiger partial charge in [-0.15, -0.1) is 10.2 Å². The Morgan fingerprint density at radius 2 is 1.87 bits per heavy atom. The number of carbonyl (C=O) groups is 1. The van der Waals surface area contributed by atoms with E-state index >= 15 is 0 Å². The third-order valence-electron chi connectivity index (χ3n) is 5.79. The van der Waals surface area contributed by atoms with Crippen LogP contribution in [-0.4, -0.2) is 66.9 Å². The Morgan fingerprint density at radius 3 is 2.47 bits per heavy atom. The molecule has 0 spiro atoms.